The molecule has 0 amide bonds. The Bertz CT molecular complexity index is 755. The highest BCUT2D eigenvalue weighted by Crippen LogP contribution is 2.29. The largest absolute Gasteiger partial charge is 0.279 e. The van der Waals surface area contributed by atoms with Gasteiger partial charge in [-0.15, -0.1) is 11.6 Å². The van der Waals surface area contributed by atoms with E-state index in [0.717, 1.165) is 11.1 Å². The maximum absolute atomic E-state index is 12.6. The molecule has 3 nitrogen and oxygen atoms in total. The summed E-state index contributed by atoms with van der Waals surface area (Å²) < 4.78 is 27.8. The van der Waals surface area contributed by atoms with Gasteiger partial charge in [-0.3, -0.25) is 4.72 Å². The first-order valence-electron chi connectivity index (χ1n) is 6.64. The summed E-state index contributed by atoms with van der Waals surface area (Å²) in [5, 5.41) is -0.275. The fraction of sp³-hybridized carbons (Fsp3) is 0.250. The summed E-state index contributed by atoms with van der Waals surface area (Å²) in [6, 6.07) is 12.5. The molecule has 0 fully saturated rings. The first kappa shape index (κ1) is 15.9. The first-order chi connectivity index (χ1) is 9.81. The van der Waals surface area contributed by atoms with E-state index in [1.54, 1.807) is 31.2 Å². The molecule has 0 bridgehead atoms. The van der Waals surface area contributed by atoms with Crippen molar-refractivity contribution in [2.75, 3.05) is 4.72 Å². The van der Waals surface area contributed by atoms with Crippen LogP contribution in [0.3, 0.4) is 0 Å². The van der Waals surface area contributed by atoms with Crippen LogP contribution in [-0.2, 0) is 10.0 Å². The first-order valence-corrected chi connectivity index (χ1v) is 8.56. The van der Waals surface area contributed by atoms with Crippen molar-refractivity contribution >= 4 is 27.3 Å². The standard InChI is InChI=1S/C16H18ClNO2S/c1-11-8-9-12(2)16(10-11)21(19,20)18-15-7-5-4-6-14(15)13(3)17/h4-10,13,18H,1-3H3. The van der Waals surface area contributed by atoms with Gasteiger partial charge in [0, 0.05) is 0 Å². The van der Waals surface area contributed by atoms with Gasteiger partial charge in [0.2, 0.25) is 0 Å². The monoisotopic (exact) mass is 323 g/mol. The average molecular weight is 324 g/mol. The van der Waals surface area contributed by atoms with Gasteiger partial charge in [0.25, 0.3) is 10.0 Å². The summed E-state index contributed by atoms with van der Waals surface area (Å²) in [6.07, 6.45) is 0. The fourth-order valence-corrected chi connectivity index (χ4v) is 3.74. The van der Waals surface area contributed by atoms with Gasteiger partial charge in [-0.25, -0.2) is 8.42 Å². The Morgan fingerprint density at radius 2 is 1.76 bits per heavy atom. The van der Waals surface area contributed by atoms with Crippen LogP contribution in [0.5, 0.6) is 0 Å². The molecule has 2 rings (SSSR count). The van der Waals surface area contributed by atoms with Gasteiger partial charge in [0.05, 0.1) is 16.0 Å². The Morgan fingerprint density at radius 1 is 1.10 bits per heavy atom. The molecule has 1 atom stereocenters. The molecule has 0 heterocycles. The summed E-state index contributed by atoms with van der Waals surface area (Å²) >= 11 is 6.10. The van der Waals surface area contributed by atoms with E-state index < -0.39 is 10.0 Å². The number of benzene rings is 2. The highest BCUT2D eigenvalue weighted by atomic mass is 35.5. The van der Waals surface area contributed by atoms with Gasteiger partial charge < -0.3 is 0 Å². The number of anilines is 1. The molecular formula is C16H18ClNO2S. The molecule has 0 radical (unpaired) electrons. The Balaban J connectivity index is 2.45. The van der Waals surface area contributed by atoms with Crippen LogP contribution < -0.4 is 4.72 Å². The predicted molar refractivity (Wildman–Crippen MR) is 87.4 cm³/mol. The van der Waals surface area contributed by atoms with Gasteiger partial charge in [-0.05, 0) is 49.6 Å². The van der Waals surface area contributed by atoms with Gasteiger partial charge in [-0.2, -0.15) is 0 Å². The lowest BCUT2D eigenvalue weighted by molar-refractivity contribution is 0.600. The zero-order valence-electron chi connectivity index (χ0n) is 12.2. The molecule has 1 unspecified atom stereocenters. The van der Waals surface area contributed by atoms with Crippen molar-refractivity contribution in [3.63, 3.8) is 0 Å². The molecule has 2 aromatic carbocycles. The van der Waals surface area contributed by atoms with Crippen LogP contribution in [0, 0.1) is 13.8 Å². The molecule has 0 spiro atoms. The zero-order chi connectivity index (χ0) is 15.6. The summed E-state index contributed by atoms with van der Waals surface area (Å²) in [4.78, 5) is 0.291. The number of rotatable bonds is 4. The van der Waals surface area contributed by atoms with E-state index in [0.29, 0.717) is 16.1 Å². The number of aryl methyl sites for hydroxylation is 2. The molecule has 112 valence electrons. The van der Waals surface area contributed by atoms with E-state index in [1.165, 1.54) is 0 Å². The average Bonchev–Trinajstić information content (AvgIpc) is 2.41. The molecule has 0 aliphatic heterocycles. The molecule has 0 aliphatic rings. The van der Waals surface area contributed by atoms with Crippen molar-refractivity contribution in [1.82, 2.24) is 0 Å². The number of hydrogen-bond donors (Lipinski definition) is 1. The number of halogens is 1. The lowest BCUT2D eigenvalue weighted by Crippen LogP contribution is -2.15. The van der Waals surface area contributed by atoms with Crippen LogP contribution in [0.4, 0.5) is 5.69 Å². The van der Waals surface area contributed by atoms with Crippen molar-refractivity contribution in [3.8, 4) is 0 Å². The normalized spacial score (nSPS) is 13.0. The molecule has 2 aromatic rings. The third kappa shape index (κ3) is 3.57. The van der Waals surface area contributed by atoms with E-state index in [4.69, 9.17) is 11.6 Å². The number of nitrogens with one attached hydrogen (secondary N) is 1. The summed E-state index contributed by atoms with van der Waals surface area (Å²) in [7, 11) is -3.63. The second kappa shape index (κ2) is 6.08. The van der Waals surface area contributed by atoms with E-state index in [2.05, 4.69) is 4.72 Å². The van der Waals surface area contributed by atoms with E-state index in [-0.39, 0.29) is 5.38 Å². The Hall–Kier alpha value is -1.52. The van der Waals surface area contributed by atoms with Crippen LogP contribution in [0.2, 0.25) is 0 Å². The Labute approximate surface area is 131 Å². The van der Waals surface area contributed by atoms with Crippen LogP contribution in [-0.4, -0.2) is 8.42 Å². The third-order valence-electron chi connectivity index (χ3n) is 3.27. The molecule has 0 saturated heterocycles. The van der Waals surface area contributed by atoms with Crippen molar-refractivity contribution in [2.45, 2.75) is 31.0 Å². The van der Waals surface area contributed by atoms with Crippen LogP contribution in [0.1, 0.15) is 29.0 Å². The van der Waals surface area contributed by atoms with Gasteiger partial charge in [-0.1, -0.05) is 30.3 Å². The van der Waals surface area contributed by atoms with Gasteiger partial charge in [0.1, 0.15) is 0 Å². The molecule has 5 heteroatoms. The minimum absolute atomic E-state index is 0.275. The van der Waals surface area contributed by atoms with E-state index >= 15 is 0 Å². The van der Waals surface area contributed by atoms with Crippen molar-refractivity contribution in [2.24, 2.45) is 0 Å². The van der Waals surface area contributed by atoms with Crippen molar-refractivity contribution in [1.29, 1.82) is 0 Å². The van der Waals surface area contributed by atoms with Gasteiger partial charge >= 0.3 is 0 Å². The highest BCUT2D eigenvalue weighted by Gasteiger charge is 2.19. The number of alkyl halides is 1. The van der Waals surface area contributed by atoms with E-state index in [1.807, 2.05) is 32.0 Å². The van der Waals surface area contributed by atoms with Crippen molar-refractivity contribution < 1.29 is 8.42 Å². The number of sulfonamides is 1. The maximum atomic E-state index is 12.6. The van der Waals surface area contributed by atoms with Gasteiger partial charge in [0.15, 0.2) is 0 Å². The molecule has 1 N–H and O–H groups in total. The second-order valence-corrected chi connectivity index (χ2v) is 7.38. The molecule has 0 saturated carbocycles. The molecular weight excluding hydrogens is 306 g/mol. The van der Waals surface area contributed by atoms with Crippen LogP contribution in [0.25, 0.3) is 0 Å². The molecule has 21 heavy (non-hydrogen) atoms. The van der Waals surface area contributed by atoms with E-state index in [9.17, 15) is 8.42 Å². The highest BCUT2D eigenvalue weighted by molar-refractivity contribution is 7.92. The summed E-state index contributed by atoms with van der Waals surface area (Å²) in [6.45, 7) is 5.46. The molecule has 0 aliphatic carbocycles. The lowest BCUT2D eigenvalue weighted by atomic mass is 10.1. The fourth-order valence-electron chi connectivity index (χ4n) is 2.13. The lowest BCUT2D eigenvalue weighted by Gasteiger charge is -2.15. The number of hydrogen-bond acceptors (Lipinski definition) is 2. The topological polar surface area (TPSA) is 46.2 Å². The summed E-state index contributed by atoms with van der Waals surface area (Å²) in [5.74, 6) is 0. The number of para-hydroxylation sites is 1. The minimum Gasteiger partial charge on any atom is -0.279 e. The SMILES string of the molecule is Cc1ccc(C)c(S(=O)(=O)Nc2ccccc2C(C)Cl)c1. The minimum atomic E-state index is -3.63. The summed E-state index contributed by atoms with van der Waals surface area (Å²) in [5.41, 5.74) is 2.89. The zero-order valence-corrected chi connectivity index (χ0v) is 13.8. The Kier molecular flexibility index (Phi) is 4.59. The predicted octanol–water partition coefficient (Wildman–Crippen LogP) is 4.40. The smallest absolute Gasteiger partial charge is 0.262 e. The maximum Gasteiger partial charge on any atom is 0.262 e. The van der Waals surface area contributed by atoms with Crippen molar-refractivity contribution in [3.05, 3.63) is 59.2 Å². The Morgan fingerprint density at radius 3 is 2.43 bits per heavy atom. The van der Waals surface area contributed by atoms with Crippen LogP contribution >= 0.6 is 11.6 Å². The molecule has 0 aromatic heterocycles. The third-order valence-corrected chi connectivity index (χ3v) is 5.01. The van der Waals surface area contributed by atoms with Crippen LogP contribution in [0.15, 0.2) is 47.4 Å². The quantitative estimate of drug-likeness (QED) is 0.847. The second-order valence-electron chi connectivity index (χ2n) is 5.08.